The van der Waals surface area contributed by atoms with E-state index in [9.17, 15) is 24.9 Å². The Balaban J connectivity index is 1.39. The number of likely N-dealkylation sites (N-methyl/N-ethyl adjacent to an activating group) is 1. The minimum absolute atomic E-state index is 0.139. The number of aliphatic hydroxyl groups is 2. The van der Waals surface area contributed by atoms with Gasteiger partial charge in [-0.15, -0.1) is 5.73 Å². The fraction of sp³-hybridized carbons (Fsp3) is 0.297. The van der Waals surface area contributed by atoms with Gasteiger partial charge in [-0.3, -0.25) is 24.4 Å². The van der Waals surface area contributed by atoms with E-state index < -0.39 is 23.7 Å². The number of pyridine rings is 1. The van der Waals surface area contributed by atoms with Gasteiger partial charge in [-0.05, 0) is 91.8 Å². The molecule has 1 heterocycles. The highest BCUT2D eigenvalue weighted by molar-refractivity contribution is 6.14. The number of rotatable bonds is 7. The smallest absolute Gasteiger partial charge is 0.253 e. The number of carbonyl (C=O) groups excluding carboxylic acids is 2. The second-order valence-corrected chi connectivity index (χ2v) is 12.7. The molecular weight excluding hydrogens is 580 g/mol. The zero-order valence-electron chi connectivity index (χ0n) is 26.2. The largest absolute Gasteiger partial charge is 0.511 e. The summed E-state index contributed by atoms with van der Waals surface area (Å²) in [7, 11) is 5.62. The molecule has 4 atom stereocenters. The van der Waals surface area contributed by atoms with Crippen molar-refractivity contribution in [3.8, 4) is 16.9 Å². The van der Waals surface area contributed by atoms with Crippen LogP contribution in [0.4, 0.5) is 0 Å². The van der Waals surface area contributed by atoms with E-state index in [-0.39, 0.29) is 51.4 Å². The van der Waals surface area contributed by atoms with Crippen molar-refractivity contribution in [3.63, 3.8) is 0 Å². The molecule has 1 aromatic heterocycles. The number of Topliss-reactive ketones (excluding diaryl/α,β-unsaturated/α-hetero) is 1. The standard InChI is InChI=1S/C37H38N4O5/c1-5-24-30-27(33(40(2)3)36(45)32(24)37(38)46)16-23-15-26-25(11-12-28(42)31(26)35(44)29(23)34(30)43)22-10-6-8-20(14-22)18-41(4)19-21-9-7-13-39-17-21/h6-14,17,23,27,30,33,42-43,45H,1,15-16,18-19H2,2-4H3,(H2,38,46)/t23?,27?,30?,33-/m0/s1. The predicted octanol–water partition coefficient (Wildman–Crippen LogP) is 4.84. The topological polar surface area (TPSA) is 140 Å². The summed E-state index contributed by atoms with van der Waals surface area (Å²) in [5.41, 5.74) is 13.5. The molecule has 3 aliphatic rings. The number of aromatic nitrogens is 1. The van der Waals surface area contributed by atoms with Crippen molar-refractivity contribution >= 4 is 11.7 Å². The lowest BCUT2D eigenvalue weighted by molar-refractivity contribution is -0.114. The van der Waals surface area contributed by atoms with E-state index >= 15 is 0 Å². The number of aliphatic hydroxyl groups excluding tert-OH is 2. The number of amides is 1. The second-order valence-electron chi connectivity index (χ2n) is 12.7. The van der Waals surface area contributed by atoms with Crippen molar-refractivity contribution in [1.29, 1.82) is 0 Å². The van der Waals surface area contributed by atoms with E-state index in [2.05, 4.69) is 41.4 Å². The van der Waals surface area contributed by atoms with Crippen LogP contribution in [0.25, 0.3) is 11.1 Å². The first-order chi connectivity index (χ1) is 22.0. The maximum atomic E-state index is 14.2. The molecule has 9 heteroatoms. The Morgan fingerprint density at radius 2 is 1.78 bits per heavy atom. The molecule has 9 nitrogen and oxygen atoms in total. The molecule has 46 heavy (non-hydrogen) atoms. The Hall–Kier alpha value is -4.95. The Morgan fingerprint density at radius 1 is 1.04 bits per heavy atom. The number of hydrogen-bond donors (Lipinski definition) is 4. The van der Waals surface area contributed by atoms with Crippen molar-refractivity contribution in [2.75, 3.05) is 21.1 Å². The summed E-state index contributed by atoms with van der Waals surface area (Å²) in [6.45, 7) is 5.16. The molecule has 3 aliphatic carbocycles. The fourth-order valence-electron chi connectivity index (χ4n) is 7.80. The van der Waals surface area contributed by atoms with E-state index in [0.717, 1.165) is 34.4 Å². The number of nitrogens with two attached hydrogens (primary N) is 1. The molecule has 6 rings (SSSR count). The Labute approximate surface area is 268 Å². The number of allylic oxidation sites excluding steroid dienone is 2. The summed E-state index contributed by atoms with van der Waals surface area (Å²) >= 11 is 0. The molecular formula is C37H38N4O5. The van der Waals surface area contributed by atoms with Crippen molar-refractivity contribution in [1.82, 2.24) is 14.8 Å². The van der Waals surface area contributed by atoms with Gasteiger partial charge in [-0.1, -0.05) is 36.9 Å². The number of carbonyl (C=O) groups is 2. The van der Waals surface area contributed by atoms with E-state index in [1.807, 2.05) is 36.5 Å². The lowest BCUT2D eigenvalue weighted by Crippen LogP contribution is -2.50. The molecule has 1 amide bonds. The zero-order chi connectivity index (χ0) is 32.9. The van der Waals surface area contributed by atoms with Crippen LogP contribution in [0.3, 0.4) is 0 Å². The van der Waals surface area contributed by atoms with Crippen LogP contribution < -0.4 is 5.73 Å². The van der Waals surface area contributed by atoms with Gasteiger partial charge in [0, 0.05) is 36.6 Å². The number of fused-ring (bicyclic) bond motifs is 3. The third-order valence-corrected chi connectivity index (χ3v) is 9.56. The first kappa shape index (κ1) is 31.0. The van der Waals surface area contributed by atoms with E-state index in [1.54, 1.807) is 25.2 Å². The van der Waals surface area contributed by atoms with Gasteiger partial charge in [-0.2, -0.15) is 0 Å². The van der Waals surface area contributed by atoms with Crippen LogP contribution in [0.5, 0.6) is 5.75 Å². The van der Waals surface area contributed by atoms with Crippen LogP contribution in [0.1, 0.15) is 33.5 Å². The average molecular weight is 619 g/mol. The third-order valence-electron chi connectivity index (χ3n) is 9.56. The van der Waals surface area contributed by atoms with E-state index in [1.165, 1.54) is 6.07 Å². The van der Waals surface area contributed by atoms with Crippen molar-refractivity contribution in [2.24, 2.45) is 23.5 Å². The molecule has 3 aromatic rings. The zero-order valence-corrected chi connectivity index (χ0v) is 26.2. The number of hydrogen-bond acceptors (Lipinski definition) is 8. The molecule has 0 radical (unpaired) electrons. The number of ketones is 1. The van der Waals surface area contributed by atoms with E-state index in [4.69, 9.17) is 5.73 Å². The van der Waals surface area contributed by atoms with Gasteiger partial charge in [-0.25, -0.2) is 0 Å². The Morgan fingerprint density at radius 3 is 2.46 bits per heavy atom. The molecule has 2 aromatic carbocycles. The van der Waals surface area contributed by atoms with Crippen LogP contribution >= 0.6 is 0 Å². The van der Waals surface area contributed by atoms with Gasteiger partial charge >= 0.3 is 0 Å². The maximum absolute atomic E-state index is 14.2. The molecule has 0 bridgehead atoms. The summed E-state index contributed by atoms with van der Waals surface area (Å²) < 4.78 is 0. The van der Waals surface area contributed by atoms with Crippen LogP contribution in [0.15, 0.2) is 101 Å². The number of nitrogens with zero attached hydrogens (tertiary/aromatic N) is 3. The quantitative estimate of drug-likeness (QED) is 0.276. The summed E-state index contributed by atoms with van der Waals surface area (Å²) in [5.74, 6) is -3.42. The fourth-order valence-corrected chi connectivity index (χ4v) is 7.80. The molecule has 0 aliphatic heterocycles. The van der Waals surface area contributed by atoms with E-state index in [0.29, 0.717) is 19.4 Å². The summed E-state index contributed by atoms with van der Waals surface area (Å²) in [6.07, 6.45) is 4.46. The average Bonchev–Trinajstić information content (AvgIpc) is 3.00. The first-order valence-corrected chi connectivity index (χ1v) is 15.3. The Kier molecular flexibility index (Phi) is 8.17. The van der Waals surface area contributed by atoms with Crippen molar-refractivity contribution in [2.45, 2.75) is 32.0 Å². The lowest BCUT2D eigenvalue weighted by Gasteiger charge is -2.47. The normalized spacial score (nSPS) is 22.5. The molecule has 3 unspecified atom stereocenters. The molecule has 0 fully saturated rings. The number of phenols is 1. The van der Waals surface area contributed by atoms with Crippen LogP contribution in [0.2, 0.25) is 0 Å². The first-order valence-electron chi connectivity index (χ1n) is 15.3. The minimum atomic E-state index is -0.859. The van der Waals surface area contributed by atoms with Crippen molar-refractivity contribution in [3.05, 3.63) is 124 Å². The van der Waals surface area contributed by atoms with Gasteiger partial charge < -0.3 is 21.1 Å². The van der Waals surface area contributed by atoms with Gasteiger partial charge in [0.05, 0.1) is 23.1 Å². The molecule has 0 saturated heterocycles. The number of aromatic hydroxyl groups is 1. The summed E-state index contributed by atoms with van der Waals surface area (Å²) in [5, 5.41) is 34.0. The summed E-state index contributed by atoms with van der Waals surface area (Å²) in [6, 6.07) is 14.9. The molecule has 0 saturated carbocycles. The number of primary amides is 1. The highest BCUT2D eigenvalue weighted by atomic mass is 16.3. The number of benzene rings is 2. The van der Waals surface area contributed by atoms with Gasteiger partial charge in [0.25, 0.3) is 5.91 Å². The SMILES string of the molecule is C=C=C1C(C(N)=O)=C(O)[C@@H](N(C)C)C2CC3Cc4c(-c5cccc(CN(C)Cc6cccnc6)c5)ccc(O)c4C(=O)C3=C(O)C12. The number of phenolic OH excluding ortho intramolecular Hbond substituents is 1. The molecule has 236 valence electrons. The minimum Gasteiger partial charge on any atom is -0.511 e. The van der Waals surface area contributed by atoms with Gasteiger partial charge in [0.2, 0.25) is 0 Å². The van der Waals surface area contributed by atoms with Crippen molar-refractivity contribution < 1.29 is 24.9 Å². The highest BCUT2D eigenvalue weighted by Gasteiger charge is 2.52. The van der Waals surface area contributed by atoms with Gasteiger partial charge in [0.15, 0.2) is 5.78 Å². The molecule has 5 N–H and O–H groups in total. The maximum Gasteiger partial charge on any atom is 0.253 e. The lowest BCUT2D eigenvalue weighted by atomic mass is 9.59. The Bertz CT molecular complexity index is 1850. The monoisotopic (exact) mass is 618 g/mol. The third kappa shape index (κ3) is 5.22. The van der Waals surface area contributed by atoms with Gasteiger partial charge in [0.1, 0.15) is 17.3 Å². The second kappa shape index (κ2) is 12.1. The van der Waals surface area contributed by atoms with Crippen LogP contribution in [-0.2, 0) is 24.3 Å². The molecule has 0 spiro atoms. The van der Waals surface area contributed by atoms with Crippen LogP contribution in [0, 0.1) is 17.8 Å². The summed E-state index contributed by atoms with van der Waals surface area (Å²) in [4.78, 5) is 34.9. The predicted molar refractivity (Wildman–Crippen MR) is 175 cm³/mol. The van der Waals surface area contributed by atoms with Crippen LogP contribution in [-0.4, -0.2) is 69.0 Å². The highest BCUT2D eigenvalue weighted by Crippen LogP contribution is 2.53.